The number of furan rings is 1. The third-order valence-corrected chi connectivity index (χ3v) is 2.23. The minimum atomic E-state index is -1.05. The molecule has 0 atom stereocenters. The molecule has 4 nitrogen and oxygen atoms in total. The fourth-order valence-corrected chi connectivity index (χ4v) is 1.37. The number of carboxylic acids is 1. The average Bonchev–Trinajstić information content (AvgIpc) is 2.77. The molecule has 0 fully saturated rings. The monoisotopic (exact) mass is 235 g/mol. The number of benzene rings is 1. The lowest BCUT2D eigenvalue weighted by Gasteiger charge is -2.04. The van der Waals surface area contributed by atoms with Gasteiger partial charge in [0.1, 0.15) is 17.8 Å². The summed E-state index contributed by atoms with van der Waals surface area (Å²) in [6.07, 6.45) is 1.15. The highest BCUT2D eigenvalue weighted by Crippen LogP contribution is 2.15. The summed E-state index contributed by atoms with van der Waals surface area (Å²) in [7, 11) is 0. The molecule has 0 aliphatic heterocycles. The normalized spacial score (nSPS) is 10.2. The maximum absolute atomic E-state index is 13.2. The molecule has 0 aliphatic carbocycles. The van der Waals surface area contributed by atoms with Crippen molar-refractivity contribution in [1.82, 2.24) is 0 Å². The Labute approximate surface area is 96.7 Å². The zero-order valence-corrected chi connectivity index (χ0v) is 8.81. The van der Waals surface area contributed by atoms with E-state index in [1.807, 2.05) is 0 Å². The van der Waals surface area contributed by atoms with Gasteiger partial charge in [0.25, 0.3) is 0 Å². The standard InChI is InChI=1S/C12H10FNO3/c13-10-3-1-2-4-11(10)14-6-9-5-8(7-17-9)12(15)16/h1-5,7,14H,6H2,(H,15,16). The van der Waals surface area contributed by atoms with Crippen molar-refractivity contribution in [3.05, 3.63) is 53.7 Å². The largest absolute Gasteiger partial charge is 0.478 e. The van der Waals surface area contributed by atoms with Gasteiger partial charge < -0.3 is 14.8 Å². The van der Waals surface area contributed by atoms with E-state index in [-0.39, 0.29) is 17.9 Å². The summed E-state index contributed by atoms with van der Waals surface area (Å²) in [5, 5.41) is 11.5. The number of para-hydroxylation sites is 1. The van der Waals surface area contributed by atoms with Crippen LogP contribution in [0.25, 0.3) is 0 Å². The van der Waals surface area contributed by atoms with Crippen LogP contribution in [0.1, 0.15) is 16.1 Å². The number of carboxylic acid groups (broad SMARTS) is 1. The zero-order chi connectivity index (χ0) is 12.3. The van der Waals surface area contributed by atoms with Gasteiger partial charge in [-0.3, -0.25) is 0 Å². The molecule has 0 amide bonds. The van der Waals surface area contributed by atoms with E-state index < -0.39 is 5.97 Å². The molecular formula is C12H10FNO3. The van der Waals surface area contributed by atoms with Crippen LogP contribution in [0.5, 0.6) is 0 Å². The van der Waals surface area contributed by atoms with Crippen molar-refractivity contribution in [2.24, 2.45) is 0 Å². The van der Waals surface area contributed by atoms with Crippen LogP contribution in [0.4, 0.5) is 10.1 Å². The fraction of sp³-hybridized carbons (Fsp3) is 0.0833. The molecule has 0 aliphatic rings. The molecule has 2 aromatic rings. The van der Waals surface area contributed by atoms with Gasteiger partial charge in [0.2, 0.25) is 0 Å². The van der Waals surface area contributed by atoms with Crippen LogP contribution in [-0.2, 0) is 6.54 Å². The molecule has 0 unspecified atom stereocenters. The molecule has 88 valence electrons. The lowest BCUT2D eigenvalue weighted by Crippen LogP contribution is -2.00. The summed E-state index contributed by atoms with van der Waals surface area (Å²) in [5.41, 5.74) is 0.427. The lowest BCUT2D eigenvalue weighted by atomic mass is 10.3. The van der Waals surface area contributed by atoms with E-state index in [1.165, 1.54) is 12.1 Å². The Balaban J connectivity index is 2.02. The van der Waals surface area contributed by atoms with Crippen molar-refractivity contribution in [3.63, 3.8) is 0 Å². The lowest BCUT2D eigenvalue weighted by molar-refractivity contribution is 0.0696. The first kappa shape index (κ1) is 11.2. The molecule has 0 radical (unpaired) electrons. The van der Waals surface area contributed by atoms with Crippen LogP contribution >= 0.6 is 0 Å². The summed E-state index contributed by atoms with van der Waals surface area (Å²) in [4.78, 5) is 10.6. The Morgan fingerprint density at radius 3 is 2.82 bits per heavy atom. The van der Waals surface area contributed by atoms with E-state index in [9.17, 15) is 9.18 Å². The molecule has 0 bridgehead atoms. The van der Waals surface area contributed by atoms with E-state index in [0.29, 0.717) is 11.4 Å². The van der Waals surface area contributed by atoms with Gasteiger partial charge in [0.05, 0.1) is 17.8 Å². The molecule has 0 spiro atoms. The first-order chi connectivity index (χ1) is 8.16. The third-order valence-electron chi connectivity index (χ3n) is 2.23. The quantitative estimate of drug-likeness (QED) is 0.855. The second-order valence-electron chi connectivity index (χ2n) is 3.44. The van der Waals surface area contributed by atoms with Crippen molar-refractivity contribution in [2.75, 3.05) is 5.32 Å². The van der Waals surface area contributed by atoms with Crippen LogP contribution in [0.3, 0.4) is 0 Å². The Kier molecular flexibility index (Phi) is 3.09. The second kappa shape index (κ2) is 4.69. The average molecular weight is 235 g/mol. The number of hydrogen-bond donors (Lipinski definition) is 2. The van der Waals surface area contributed by atoms with Gasteiger partial charge in [-0.1, -0.05) is 12.1 Å². The van der Waals surface area contributed by atoms with Crippen LogP contribution in [0.15, 0.2) is 41.0 Å². The van der Waals surface area contributed by atoms with Gasteiger partial charge in [-0.25, -0.2) is 9.18 Å². The van der Waals surface area contributed by atoms with Gasteiger partial charge in [-0.2, -0.15) is 0 Å². The number of rotatable bonds is 4. The number of hydrogen-bond acceptors (Lipinski definition) is 3. The fourth-order valence-electron chi connectivity index (χ4n) is 1.37. The summed E-state index contributed by atoms with van der Waals surface area (Å²) < 4.78 is 18.3. The summed E-state index contributed by atoms with van der Waals surface area (Å²) in [6.45, 7) is 0.230. The number of aromatic carboxylic acids is 1. The van der Waals surface area contributed by atoms with Gasteiger partial charge in [0, 0.05) is 0 Å². The second-order valence-corrected chi connectivity index (χ2v) is 3.44. The van der Waals surface area contributed by atoms with E-state index >= 15 is 0 Å². The van der Waals surface area contributed by atoms with Crippen LogP contribution < -0.4 is 5.32 Å². The first-order valence-electron chi connectivity index (χ1n) is 4.96. The van der Waals surface area contributed by atoms with Crippen molar-refractivity contribution in [3.8, 4) is 0 Å². The van der Waals surface area contributed by atoms with Crippen molar-refractivity contribution >= 4 is 11.7 Å². The smallest absolute Gasteiger partial charge is 0.338 e. The molecule has 2 N–H and O–H groups in total. The number of anilines is 1. The molecule has 17 heavy (non-hydrogen) atoms. The number of nitrogens with one attached hydrogen (secondary N) is 1. The van der Waals surface area contributed by atoms with E-state index in [0.717, 1.165) is 6.26 Å². The third kappa shape index (κ3) is 2.63. The summed E-state index contributed by atoms with van der Waals surface area (Å²) in [6, 6.07) is 7.63. The number of halogens is 1. The van der Waals surface area contributed by atoms with Gasteiger partial charge in [-0.05, 0) is 18.2 Å². The Morgan fingerprint density at radius 1 is 1.41 bits per heavy atom. The van der Waals surface area contributed by atoms with E-state index in [4.69, 9.17) is 9.52 Å². The Hall–Kier alpha value is -2.30. The Morgan fingerprint density at radius 2 is 2.18 bits per heavy atom. The van der Waals surface area contributed by atoms with Gasteiger partial charge in [0.15, 0.2) is 0 Å². The summed E-state index contributed by atoms with van der Waals surface area (Å²) in [5.74, 6) is -0.978. The first-order valence-corrected chi connectivity index (χ1v) is 4.96. The zero-order valence-electron chi connectivity index (χ0n) is 8.81. The Bertz CT molecular complexity index is 536. The van der Waals surface area contributed by atoms with Crippen molar-refractivity contribution < 1.29 is 18.7 Å². The van der Waals surface area contributed by atoms with Crippen molar-refractivity contribution in [1.29, 1.82) is 0 Å². The molecule has 5 heteroatoms. The summed E-state index contributed by atoms with van der Waals surface area (Å²) >= 11 is 0. The molecule has 1 aromatic heterocycles. The van der Waals surface area contributed by atoms with Crippen LogP contribution in [0, 0.1) is 5.82 Å². The molecule has 0 saturated carbocycles. The van der Waals surface area contributed by atoms with E-state index in [2.05, 4.69) is 5.32 Å². The predicted molar refractivity (Wildman–Crippen MR) is 59.4 cm³/mol. The van der Waals surface area contributed by atoms with Crippen molar-refractivity contribution in [2.45, 2.75) is 6.54 Å². The number of carbonyl (C=O) groups is 1. The molecular weight excluding hydrogens is 225 g/mol. The predicted octanol–water partition coefficient (Wildman–Crippen LogP) is 2.73. The molecule has 1 heterocycles. The minimum Gasteiger partial charge on any atom is -0.478 e. The maximum atomic E-state index is 13.2. The molecule has 1 aromatic carbocycles. The molecule has 2 rings (SSSR count). The highest BCUT2D eigenvalue weighted by atomic mass is 19.1. The topological polar surface area (TPSA) is 62.5 Å². The maximum Gasteiger partial charge on any atom is 0.338 e. The van der Waals surface area contributed by atoms with Gasteiger partial charge in [-0.15, -0.1) is 0 Å². The highest BCUT2D eigenvalue weighted by Gasteiger charge is 2.08. The van der Waals surface area contributed by atoms with E-state index in [1.54, 1.807) is 18.2 Å². The van der Waals surface area contributed by atoms with Crippen LogP contribution in [0.2, 0.25) is 0 Å². The van der Waals surface area contributed by atoms with Gasteiger partial charge >= 0.3 is 5.97 Å². The molecule has 0 saturated heterocycles. The SMILES string of the molecule is O=C(O)c1coc(CNc2ccccc2F)c1. The minimum absolute atomic E-state index is 0.0790. The highest BCUT2D eigenvalue weighted by molar-refractivity contribution is 5.87. The van der Waals surface area contributed by atoms with Crippen LogP contribution in [-0.4, -0.2) is 11.1 Å².